The van der Waals surface area contributed by atoms with Crippen molar-refractivity contribution in [3.05, 3.63) is 28.9 Å². The molecule has 0 spiro atoms. The van der Waals surface area contributed by atoms with Crippen LogP contribution in [0.1, 0.15) is 69.9 Å². The third-order valence-electron chi connectivity index (χ3n) is 5.93. The summed E-state index contributed by atoms with van der Waals surface area (Å²) >= 11 is 6.53. The van der Waals surface area contributed by atoms with Gasteiger partial charge in [0.2, 0.25) is 0 Å². The Hall–Kier alpha value is -1.50. The van der Waals surface area contributed by atoms with Crippen LogP contribution in [0, 0.1) is 5.92 Å². The van der Waals surface area contributed by atoms with Crippen molar-refractivity contribution in [3.63, 3.8) is 0 Å². The summed E-state index contributed by atoms with van der Waals surface area (Å²) in [5, 5.41) is 5.18. The average molecular weight is 389 g/mol. The molecule has 6 nitrogen and oxygen atoms in total. The lowest BCUT2D eigenvalue weighted by molar-refractivity contribution is 0.265. The van der Waals surface area contributed by atoms with E-state index in [1.54, 1.807) is 6.20 Å². The minimum Gasteiger partial charge on any atom is -0.328 e. The molecule has 0 radical (unpaired) electrons. The van der Waals surface area contributed by atoms with E-state index >= 15 is 0 Å². The van der Waals surface area contributed by atoms with E-state index in [4.69, 9.17) is 28.1 Å². The number of hydrogen-bond donors (Lipinski definition) is 2. The SMILES string of the molecule is CC(C)n1ncc(-c2nc(C3(N)CCC(N)CC3)ncc2Cl)c1CC1CC1. The van der Waals surface area contributed by atoms with Gasteiger partial charge in [0.1, 0.15) is 5.82 Å². The van der Waals surface area contributed by atoms with Gasteiger partial charge >= 0.3 is 0 Å². The molecule has 0 unspecified atom stereocenters. The van der Waals surface area contributed by atoms with Crippen LogP contribution in [-0.2, 0) is 12.0 Å². The molecule has 0 aliphatic heterocycles. The van der Waals surface area contributed by atoms with Crippen LogP contribution in [0.4, 0.5) is 0 Å². The topological polar surface area (TPSA) is 95.6 Å². The fourth-order valence-electron chi connectivity index (χ4n) is 4.00. The van der Waals surface area contributed by atoms with E-state index in [-0.39, 0.29) is 6.04 Å². The van der Waals surface area contributed by atoms with Gasteiger partial charge in [-0.15, -0.1) is 0 Å². The maximum atomic E-state index is 6.68. The summed E-state index contributed by atoms with van der Waals surface area (Å²) in [6, 6.07) is 0.524. The van der Waals surface area contributed by atoms with Crippen LogP contribution in [0.15, 0.2) is 12.4 Å². The fraction of sp³-hybridized carbons (Fsp3) is 0.650. The molecule has 2 fully saturated rings. The van der Waals surface area contributed by atoms with Crippen LogP contribution >= 0.6 is 11.6 Å². The zero-order valence-electron chi connectivity index (χ0n) is 16.2. The molecule has 0 bridgehead atoms. The maximum absolute atomic E-state index is 6.68. The second kappa shape index (κ2) is 7.15. The van der Waals surface area contributed by atoms with Gasteiger partial charge in [0.15, 0.2) is 0 Å². The maximum Gasteiger partial charge on any atom is 0.148 e. The van der Waals surface area contributed by atoms with E-state index in [2.05, 4.69) is 28.6 Å². The largest absolute Gasteiger partial charge is 0.328 e. The number of nitrogens with two attached hydrogens (primary N) is 2. The highest BCUT2D eigenvalue weighted by Crippen LogP contribution is 2.39. The van der Waals surface area contributed by atoms with Gasteiger partial charge in [0.25, 0.3) is 0 Å². The third kappa shape index (κ3) is 3.75. The highest BCUT2D eigenvalue weighted by atomic mass is 35.5. The standard InChI is InChI=1S/C20H29ClN6/c1-12(2)27-17(9-13-3-4-13)15(10-25-27)18-16(21)11-24-19(26-18)20(23)7-5-14(22)6-8-20/h10-14H,3-9,22-23H2,1-2H3. The summed E-state index contributed by atoms with van der Waals surface area (Å²) in [7, 11) is 0. The molecular weight excluding hydrogens is 360 g/mol. The van der Waals surface area contributed by atoms with E-state index in [0.29, 0.717) is 16.9 Å². The molecule has 4 N–H and O–H groups in total. The first kappa shape index (κ1) is 18.8. The van der Waals surface area contributed by atoms with Gasteiger partial charge in [-0.2, -0.15) is 5.10 Å². The number of halogens is 1. The lowest BCUT2D eigenvalue weighted by Gasteiger charge is -2.34. The molecule has 2 aromatic heterocycles. The summed E-state index contributed by atoms with van der Waals surface area (Å²) in [5.41, 5.74) is 15.2. The van der Waals surface area contributed by atoms with Gasteiger partial charge in [0.05, 0.1) is 22.5 Å². The Morgan fingerprint density at radius 2 is 1.93 bits per heavy atom. The van der Waals surface area contributed by atoms with Gasteiger partial charge in [-0.3, -0.25) is 4.68 Å². The summed E-state index contributed by atoms with van der Waals surface area (Å²) in [5.74, 6) is 1.42. The van der Waals surface area contributed by atoms with Gasteiger partial charge in [-0.1, -0.05) is 11.6 Å². The Kier molecular flexibility index (Phi) is 4.99. The van der Waals surface area contributed by atoms with Crippen LogP contribution in [0.2, 0.25) is 5.02 Å². The van der Waals surface area contributed by atoms with Crippen molar-refractivity contribution in [3.8, 4) is 11.3 Å². The van der Waals surface area contributed by atoms with Gasteiger partial charge in [-0.25, -0.2) is 9.97 Å². The number of hydrogen-bond acceptors (Lipinski definition) is 5. The van der Waals surface area contributed by atoms with Crippen molar-refractivity contribution < 1.29 is 0 Å². The molecule has 2 aliphatic rings. The van der Waals surface area contributed by atoms with Crippen LogP contribution < -0.4 is 11.5 Å². The van der Waals surface area contributed by atoms with E-state index < -0.39 is 5.54 Å². The molecule has 4 rings (SSSR count). The molecule has 7 heteroatoms. The van der Waals surface area contributed by atoms with E-state index in [1.807, 2.05) is 6.20 Å². The predicted octanol–water partition coefficient (Wildman–Crippen LogP) is 3.58. The normalized spacial score (nSPS) is 25.9. The molecule has 2 heterocycles. The third-order valence-corrected chi connectivity index (χ3v) is 6.21. The lowest BCUT2D eigenvalue weighted by Crippen LogP contribution is -2.45. The van der Waals surface area contributed by atoms with Crippen LogP contribution in [0.5, 0.6) is 0 Å². The smallest absolute Gasteiger partial charge is 0.148 e. The van der Waals surface area contributed by atoms with Crippen LogP contribution in [0.25, 0.3) is 11.3 Å². The van der Waals surface area contributed by atoms with Gasteiger partial charge in [-0.05, 0) is 64.7 Å². The summed E-state index contributed by atoms with van der Waals surface area (Å²) in [6.07, 6.45) is 10.6. The van der Waals surface area contributed by atoms with E-state index in [1.165, 1.54) is 18.5 Å². The fourth-order valence-corrected chi connectivity index (χ4v) is 4.20. The van der Waals surface area contributed by atoms with Gasteiger partial charge < -0.3 is 11.5 Å². The van der Waals surface area contributed by atoms with Crippen LogP contribution in [0.3, 0.4) is 0 Å². The minimum absolute atomic E-state index is 0.225. The number of rotatable bonds is 5. The molecular formula is C20H29ClN6. The quantitative estimate of drug-likeness (QED) is 0.816. The summed E-state index contributed by atoms with van der Waals surface area (Å²) in [6.45, 7) is 4.31. The van der Waals surface area contributed by atoms with Crippen molar-refractivity contribution in [2.75, 3.05) is 0 Å². The Labute approximate surface area is 165 Å². The first-order valence-electron chi connectivity index (χ1n) is 10.0. The molecule has 0 atom stereocenters. The molecule has 2 aromatic rings. The summed E-state index contributed by atoms with van der Waals surface area (Å²) in [4.78, 5) is 9.36. The molecule has 0 saturated heterocycles. The Balaban J connectivity index is 1.74. The Morgan fingerprint density at radius 1 is 1.22 bits per heavy atom. The first-order chi connectivity index (χ1) is 12.9. The second-order valence-corrected chi connectivity index (χ2v) is 8.98. The average Bonchev–Trinajstić information content (AvgIpc) is 3.35. The minimum atomic E-state index is -0.528. The predicted molar refractivity (Wildman–Crippen MR) is 107 cm³/mol. The summed E-state index contributed by atoms with van der Waals surface area (Å²) < 4.78 is 2.10. The monoisotopic (exact) mass is 388 g/mol. The van der Waals surface area contributed by atoms with Crippen molar-refractivity contribution in [2.24, 2.45) is 17.4 Å². The first-order valence-corrected chi connectivity index (χ1v) is 10.4. The highest BCUT2D eigenvalue weighted by Gasteiger charge is 2.36. The van der Waals surface area contributed by atoms with Gasteiger partial charge in [0, 0.05) is 29.5 Å². The Bertz CT molecular complexity index is 818. The molecule has 2 saturated carbocycles. The van der Waals surface area contributed by atoms with Crippen molar-refractivity contribution in [1.29, 1.82) is 0 Å². The zero-order chi connectivity index (χ0) is 19.2. The number of aromatic nitrogens is 4. The van der Waals surface area contributed by atoms with Crippen LogP contribution in [-0.4, -0.2) is 25.8 Å². The zero-order valence-corrected chi connectivity index (χ0v) is 16.9. The van der Waals surface area contributed by atoms with E-state index in [0.717, 1.165) is 49.3 Å². The molecule has 0 aromatic carbocycles. The Morgan fingerprint density at radius 3 is 2.56 bits per heavy atom. The molecule has 2 aliphatic carbocycles. The molecule has 27 heavy (non-hydrogen) atoms. The lowest BCUT2D eigenvalue weighted by atomic mass is 9.80. The highest BCUT2D eigenvalue weighted by molar-refractivity contribution is 6.32. The number of nitrogens with zero attached hydrogens (tertiary/aromatic N) is 4. The second-order valence-electron chi connectivity index (χ2n) is 8.57. The van der Waals surface area contributed by atoms with Crippen molar-refractivity contribution >= 4 is 11.6 Å². The van der Waals surface area contributed by atoms with Crippen molar-refractivity contribution in [2.45, 2.75) is 76.4 Å². The van der Waals surface area contributed by atoms with Crippen molar-refractivity contribution in [1.82, 2.24) is 19.7 Å². The van der Waals surface area contributed by atoms with E-state index in [9.17, 15) is 0 Å². The molecule has 146 valence electrons. The molecule has 0 amide bonds.